The fourth-order valence-electron chi connectivity index (χ4n) is 2.88. The summed E-state index contributed by atoms with van der Waals surface area (Å²) in [5.41, 5.74) is 0.699. The summed E-state index contributed by atoms with van der Waals surface area (Å²) in [6.45, 7) is 5.70. The molecule has 7 nitrogen and oxygen atoms in total. The van der Waals surface area contributed by atoms with Crippen molar-refractivity contribution >= 4 is 5.96 Å². The number of hydrogen-bond donors (Lipinski definition) is 3. The molecule has 0 amide bonds. The lowest BCUT2D eigenvalue weighted by Crippen LogP contribution is -2.47. The van der Waals surface area contributed by atoms with Gasteiger partial charge in [0.1, 0.15) is 11.6 Å². The van der Waals surface area contributed by atoms with Gasteiger partial charge in [0.15, 0.2) is 17.5 Å². The van der Waals surface area contributed by atoms with Gasteiger partial charge in [-0.2, -0.15) is 5.10 Å². The Balaban J connectivity index is 1.65. The van der Waals surface area contributed by atoms with E-state index in [1.165, 1.54) is 12.1 Å². The quantitative estimate of drug-likeness (QED) is 0.577. The van der Waals surface area contributed by atoms with Crippen molar-refractivity contribution in [3.63, 3.8) is 0 Å². The van der Waals surface area contributed by atoms with Gasteiger partial charge in [-0.3, -0.25) is 0 Å². The Kier molecular flexibility index (Phi) is 5.16. The van der Waals surface area contributed by atoms with Crippen molar-refractivity contribution in [1.29, 1.82) is 0 Å². The van der Waals surface area contributed by atoms with Crippen LogP contribution < -0.4 is 10.6 Å². The van der Waals surface area contributed by atoms with Crippen molar-refractivity contribution in [2.45, 2.75) is 45.8 Å². The number of guanidine groups is 1. The van der Waals surface area contributed by atoms with Gasteiger partial charge >= 0.3 is 0 Å². The van der Waals surface area contributed by atoms with E-state index in [-0.39, 0.29) is 11.8 Å². The van der Waals surface area contributed by atoms with Crippen LogP contribution in [0.2, 0.25) is 0 Å². The normalized spacial score (nSPS) is 17.2. The second-order valence-corrected chi connectivity index (χ2v) is 6.12. The largest absolute Gasteiger partial charge is 0.505 e. The highest BCUT2D eigenvalue weighted by Crippen LogP contribution is 2.17. The molecule has 1 atom stereocenters. The molecule has 0 spiro atoms. The molecule has 1 aromatic carbocycles. The van der Waals surface area contributed by atoms with Gasteiger partial charge in [-0.1, -0.05) is 6.07 Å². The van der Waals surface area contributed by atoms with E-state index in [4.69, 9.17) is 0 Å². The van der Waals surface area contributed by atoms with Gasteiger partial charge in [-0.25, -0.2) is 19.0 Å². The van der Waals surface area contributed by atoms with Crippen molar-refractivity contribution in [2.75, 3.05) is 6.54 Å². The van der Waals surface area contributed by atoms with Gasteiger partial charge in [0.25, 0.3) is 0 Å². The first kappa shape index (κ1) is 17.2. The van der Waals surface area contributed by atoms with Crippen LogP contribution in [0.3, 0.4) is 0 Å². The van der Waals surface area contributed by atoms with Crippen molar-refractivity contribution in [3.05, 3.63) is 41.2 Å². The number of fused-ring (bicyclic) bond motifs is 1. The SMILES string of the molecule is CCNC(=NCc1ccc(O)c(F)c1)NC1CCc2nc(C)nn2C1. The van der Waals surface area contributed by atoms with Crippen LogP contribution in [0.1, 0.15) is 30.6 Å². The van der Waals surface area contributed by atoms with Gasteiger partial charge in [-0.15, -0.1) is 0 Å². The first-order valence-corrected chi connectivity index (χ1v) is 8.47. The fourth-order valence-corrected chi connectivity index (χ4v) is 2.88. The average molecular weight is 346 g/mol. The van der Waals surface area contributed by atoms with Crippen LogP contribution in [0.15, 0.2) is 23.2 Å². The Hall–Kier alpha value is -2.64. The summed E-state index contributed by atoms with van der Waals surface area (Å²) in [6.07, 6.45) is 1.83. The summed E-state index contributed by atoms with van der Waals surface area (Å²) in [5, 5.41) is 20.3. The maximum absolute atomic E-state index is 13.4. The summed E-state index contributed by atoms with van der Waals surface area (Å²) in [7, 11) is 0. The molecular weight excluding hydrogens is 323 g/mol. The summed E-state index contributed by atoms with van der Waals surface area (Å²) in [4.78, 5) is 8.93. The Morgan fingerprint density at radius 3 is 3.08 bits per heavy atom. The van der Waals surface area contributed by atoms with Crippen molar-refractivity contribution in [3.8, 4) is 5.75 Å². The number of aliphatic imine (C=N–C) groups is 1. The number of rotatable bonds is 4. The number of nitrogens with zero attached hydrogens (tertiary/aromatic N) is 4. The van der Waals surface area contributed by atoms with Crippen molar-refractivity contribution in [2.24, 2.45) is 4.99 Å². The van der Waals surface area contributed by atoms with Crippen LogP contribution in [0.25, 0.3) is 0 Å². The number of aromatic hydroxyl groups is 1. The number of hydrogen-bond acceptors (Lipinski definition) is 4. The summed E-state index contributed by atoms with van der Waals surface area (Å²) in [5.74, 6) is 1.52. The number of phenols is 1. The number of aryl methyl sites for hydroxylation is 2. The number of nitrogens with one attached hydrogen (secondary N) is 2. The minimum Gasteiger partial charge on any atom is -0.505 e. The molecule has 0 bridgehead atoms. The highest BCUT2D eigenvalue weighted by atomic mass is 19.1. The molecule has 1 aromatic heterocycles. The first-order chi connectivity index (χ1) is 12.0. The van der Waals surface area contributed by atoms with Gasteiger partial charge in [0.2, 0.25) is 0 Å². The number of aromatic nitrogens is 3. The smallest absolute Gasteiger partial charge is 0.191 e. The molecule has 3 N–H and O–H groups in total. The van der Waals surface area contributed by atoms with Crippen LogP contribution in [-0.4, -0.2) is 38.4 Å². The maximum Gasteiger partial charge on any atom is 0.191 e. The topological polar surface area (TPSA) is 87.4 Å². The monoisotopic (exact) mass is 346 g/mol. The van der Waals surface area contributed by atoms with E-state index in [1.807, 2.05) is 18.5 Å². The lowest BCUT2D eigenvalue weighted by molar-refractivity contribution is 0.392. The fraction of sp³-hybridized carbons (Fsp3) is 0.471. The molecule has 0 saturated carbocycles. The number of halogens is 1. The summed E-state index contributed by atoms with van der Waals surface area (Å²) < 4.78 is 15.4. The van der Waals surface area contributed by atoms with Crippen LogP contribution in [-0.2, 0) is 19.5 Å². The van der Waals surface area contributed by atoms with E-state index < -0.39 is 5.82 Å². The molecule has 8 heteroatoms. The second-order valence-electron chi connectivity index (χ2n) is 6.12. The third-order valence-electron chi connectivity index (χ3n) is 4.08. The Labute approximate surface area is 146 Å². The lowest BCUT2D eigenvalue weighted by Gasteiger charge is -2.25. The molecule has 134 valence electrons. The zero-order chi connectivity index (χ0) is 17.8. The summed E-state index contributed by atoms with van der Waals surface area (Å²) in [6, 6.07) is 4.52. The highest BCUT2D eigenvalue weighted by molar-refractivity contribution is 5.80. The molecule has 2 aromatic rings. The molecule has 25 heavy (non-hydrogen) atoms. The molecule has 0 aliphatic carbocycles. The predicted octanol–water partition coefficient (Wildman–Crippen LogP) is 1.50. The number of phenolic OH excluding ortho intramolecular Hbond substituents is 1. The average Bonchev–Trinajstić information content (AvgIpc) is 2.95. The number of benzene rings is 1. The van der Waals surface area contributed by atoms with Crippen molar-refractivity contribution < 1.29 is 9.50 Å². The minimum atomic E-state index is -0.632. The Morgan fingerprint density at radius 1 is 1.48 bits per heavy atom. The molecule has 3 rings (SSSR count). The Morgan fingerprint density at radius 2 is 2.32 bits per heavy atom. The Bertz CT molecular complexity index is 772. The molecule has 0 radical (unpaired) electrons. The first-order valence-electron chi connectivity index (χ1n) is 8.47. The van der Waals surface area contributed by atoms with E-state index in [9.17, 15) is 9.50 Å². The zero-order valence-electron chi connectivity index (χ0n) is 14.5. The lowest BCUT2D eigenvalue weighted by atomic mass is 10.1. The molecule has 1 unspecified atom stereocenters. The molecule has 0 saturated heterocycles. The van der Waals surface area contributed by atoms with E-state index >= 15 is 0 Å². The molecule has 2 heterocycles. The van der Waals surface area contributed by atoms with Gasteiger partial charge in [0.05, 0.1) is 13.1 Å². The van der Waals surface area contributed by atoms with Crippen LogP contribution in [0, 0.1) is 12.7 Å². The third-order valence-corrected chi connectivity index (χ3v) is 4.08. The zero-order valence-corrected chi connectivity index (χ0v) is 14.5. The molecule has 0 fully saturated rings. The van der Waals surface area contributed by atoms with E-state index in [2.05, 4.69) is 25.7 Å². The maximum atomic E-state index is 13.4. The van der Waals surface area contributed by atoms with Crippen molar-refractivity contribution in [1.82, 2.24) is 25.4 Å². The predicted molar refractivity (Wildman–Crippen MR) is 92.9 cm³/mol. The van der Waals surface area contributed by atoms with Crippen LogP contribution in [0.5, 0.6) is 5.75 Å². The van der Waals surface area contributed by atoms with E-state index in [0.717, 1.165) is 37.6 Å². The highest BCUT2D eigenvalue weighted by Gasteiger charge is 2.21. The van der Waals surface area contributed by atoms with Gasteiger partial charge in [-0.05, 0) is 38.0 Å². The second kappa shape index (κ2) is 7.50. The molecular formula is C17H23FN6O. The standard InChI is InChI=1S/C17H23FN6O/c1-3-19-17(20-9-12-4-6-15(25)14(18)8-12)22-13-5-7-16-21-11(2)23-24(16)10-13/h4,6,8,13,25H,3,5,7,9-10H2,1-2H3,(H2,19,20,22). The minimum absolute atomic E-state index is 0.211. The van der Waals surface area contributed by atoms with E-state index in [0.29, 0.717) is 18.1 Å². The summed E-state index contributed by atoms with van der Waals surface area (Å²) >= 11 is 0. The van der Waals surface area contributed by atoms with Crippen LogP contribution >= 0.6 is 0 Å². The van der Waals surface area contributed by atoms with Gasteiger partial charge in [0, 0.05) is 19.0 Å². The third kappa shape index (κ3) is 4.26. The van der Waals surface area contributed by atoms with Crippen LogP contribution in [0.4, 0.5) is 4.39 Å². The van der Waals surface area contributed by atoms with Gasteiger partial charge < -0.3 is 15.7 Å². The molecule has 1 aliphatic rings. The molecule has 1 aliphatic heterocycles. The van der Waals surface area contributed by atoms with E-state index in [1.54, 1.807) is 6.07 Å².